The summed E-state index contributed by atoms with van der Waals surface area (Å²) in [5.74, 6) is -1.18. The van der Waals surface area contributed by atoms with E-state index in [0.717, 1.165) is 54.4 Å². The number of rotatable bonds is 9. The highest BCUT2D eigenvalue weighted by Gasteiger charge is 2.38. The highest BCUT2D eigenvalue weighted by molar-refractivity contribution is 5.89. The number of carbonyl (C=O) groups excluding carboxylic acids is 2. The SMILES string of the molecule is O=C(NC(C(=O)N[C@@H](CC1CC1)C(=O)O)C1CCC1)OCC1c2ccccc2-c2ccccc21. The van der Waals surface area contributed by atoms with Crippen LogP contribution < -0.4 is 10.6 Å². The molecule has 2 atom stereocenters. The Morgan fingerprint density at radius 1 is 0.912 bits per heavy atom. The van der Waals surface area contributed by atoms with Crippen LogP contribution in [-0.2, 0) is 14.3 Å². The van der Waals surface area contributed by atoms with Gasteiger partial charge in [0.2, 0.25) is 5.91 Å². The zero-order chi connectivity index (χ0) is 23.7. The lowest BCUT2D eigenvalue weighted by atomic mass is 9.79. The van der Waals surface area contributed by atoms with Gasteiger partial charge < -0.3 is 20.5 Å². The number of benzene rings is 2. The molecule has 2 aromatic carbocycles. The molecule has 2 amide bonds. The van der Waals surface area contributed by atoms with Crippen LogP contribution in [0.2, 0.25) is 0 Å². The Kier molecular flexibility index (Phi) is 6.26. The van der Waals surface area contributed by atoms with Gasteiger partial charge in [0.1, 0.15) is 18.7 Å². The summed E-state index contributed by atoms with van der Waals surface area (Å²) in [5.41, 5.74) is 4.53. The van der Waals surface area contributed by atoms with Crippen LogP contribution in [0, 0.1) is 11.8 Å². The topological polar surface area (TPSA) is 105 Å². The van der Waals surface area contributed by atoms with Crippen molar-refractivity contribution in [3.05, 3.63) is 59.7 Å². The summed E-state index contributed by atoms with van der Waals surface area (Å²) in [6.07, 6.45) is 4.43. The van der Waals surface area contributed by atoms with E-state index in [-0.39, 0.29) is 18.4 Å². The van der Waals surface area contributed by atoms with Gasteiger partial charge in [-0.05, 0) is 53.4 Å². The van der Waals surface area contributed by atoms with E-state index < -0.39 is 30.1 Å². The van der Waals surface area contributed by atoms with Crippen molar-refractivity contribution in [3.8, 4) is 11.1 Å². The number of hydrogen-bond acceptors (Lipinski definition) is 4. The molecule has 0 aliphatic heterocycles. The molecule has 0 aromatic heterocycles. The largest absolute Gasteiger partial charge is 0.480 e. The molecule has 7 nitrogen and oxygen atoms in total. The number of aliphatic carboxylic acids is 1. The van der Waals surface area contributed by atoms with Crippen LogP contribution in [0.25, 0.3) is 11.1 Å². The molecule has 2 fully saturated rings. The van der Waals surface area contributed by atoms with Crippen molar-refractivity contribution in [1.82, 2.24) is 10.6 Å². The Labute approximate surface area is 198 Å². The molecule has 3 N–H and O–H groups in total. The normalized spacial score (nSPS) is 18.7. The van der Waals surface area contributed by atoms with Gasteiger partial charge in [0, 0.05) is 5.92 Å². The van der Waals surface area contributed by atoms with Gasteiger partial charge in [-0.3, -0.25) is 4.79 Å². The Morgan fingerprint density at radius 3 is 2.06 bits per heavy atom. The maximum Gasteiger partial charge on any atom is 0.407 e. The first-order valence-electron chi connectivity index (χ1n) is 12.2. The third-order valence-corrected chi connectivity index (χ3v) is 7.40. The molecule has 7 heteroatoms. The first kappa shape index (κ1) is 22.4. The minimum atomic E-state index is -1.03. The highest BCUT2D eigenvalue weighted by Crippen LogP contribution is 2.44. The number of alkyl carbamates (subject to hydrolysis) is 1. The fourth-order valence-electron chi connectivity index (χ4n) is 5.11. The van der Waals surface area contributed by atoms with E-state index in [2.05, 4.69) is 34.9 Å². The van der Waals surface area contributed by atoms with Crippen molar-refractivity contribution >= 4 is 18.0 Å². The number of carboxylic acids is 1. The summed E-state index contributed by atoms with van der Waals surface area (Å²) < 4.78 is 5.62. The van der Waals surface area contributed by atoms with Crippen molar-refractivity contribution in [2.24, 2.45) is 11.8 Å². The molecule has 3 aliphatic rings. The van der Waals surface area contributed by atoms with Crippen molar-refractivity contribution in [2.75, 3.05) is 6.61 Å². The third kappa shape index (κ3) is 4.65. The van der Waals surface area contributed by atoms with Gasteiger partial charge in [0.15, 0.2) is 0 Å². The molecular weight excluding hydrogens is 432 g/mol. The summed E-state index contributed by atoms with van der Waals surface area (Å²) in [4.78, 5) is 37.4. The Morgan fingerprint density at radius 2 is 1.53 bits per heavy atom. The lowest BCUT2D eigenvalue weighted by Gasteiger charge is -2.33. The number of carboxylic acid groups (broad SMARTS) is 1. The minimum absolute atomic E-state index is 0.00384. The van der Waals surface area contributed by atoms with E-state index in [1.54, 1.807) is 0 Å². The van der Waals surface area contributed by atoms with E-state index in [1.165, 1.54) is 0 Å². The van der Waals surface area contributed by atoms with Gasteiger partial charge >= 0.3 is 12.1 Å². The first-order valence-corrected chi connectivity index (χ1v) is 12.2. The van der Waals surface area contributed by atoms with E-state index in [9.17, 15) is 19.5 Å². The second-order valence-electron chi connectivity index (χ2n) is 9.72. The van der Waals surface area contributed by atoms with Gasteiger partial charge in [-0.1, -0.05) is 67.8 Å². The van der Waals surface area contributed by atoms with Gasteiger partial charge in [0.05, 0.1) is 0 Å². The highest BCUT2D eigenvalue weighted by atomic mass is 16.5. The van der Waals surface area contributed by atoms with E-state index in [1.807, 2.05) is 24.3 Å². The van der Waals surface area contributed by atoms with E-state index >= 15 is 0 Å². The van der Waals surface area contributed by atoms with Crippen molar-refractivity contribution in [3.63, 3.8) is 0 Å². The van der Waals surface area contributed by atoms with Crippen molar-refractivity contribution in [1.29, 1.82) is 0 Å². The summed E-state index contributed by atoms with van der Waals surface area (Å²) >= 11 is 0. The number of hydrogen-bond donors (Lipinski definition) is 3. The third-order valence-electron chi connectivity index (χ3n) is 7.40. The maximum absolute atomic E-state index is 13.0. The van der Waals surface area contributed by atoms with Gasteiger partial charge in [-0.2, -0.15) is 0 Å². The number of nitrogens with one attached hydrogen (secondary N) is 2. The monoisotopic (exact) mass is 462 g/mol. The van der Waals surface area contributed by atoms with E-state index in [4.69, 9.17) is 4.74 Å². The summed E-state index contributed by atoms with van der Waals surface area (Å²) in [7, 11) is 0. The molecule has 2 aromatic rings. The second-order valence-corrected chi connectivity index (χ2v) is 9.72. The average molecular weight is 463 g/mol. The molecule has 1 unspecified atom stereocenters. The van der Waals surface area contributed by atoms with Crippen LogP contribution in [-0.4, -0.2) is 41.8 Å². The smallest absolute Gasteiger partial charge is 0.407 e. The maximum atomic E-state index is 13.0. The first-order chi connectivity index (χ1) is 16.5. The lowest BCUT2D eigenvalue weighted by molar-refractivity contribution is -0.142. The predicted octanol–water partition coefficient (Wildman–Crippen LogP) is 4.06. The molecule has 0 heterocycles. The Hall–Kier alpha value is -3.35. The summed E-state index contributed by atoms with van der Waals surface area (Å²) in [6.45, 7) is 0.165. The molecule has 2 saturated carbocycles. The number of ether oxygens (including phenoxy) is 1. The van der Waals surface area contributed by atoms with Crippen LogP contribution in [0.15, 0.2) is 48.5 Å². The molecular formula is C27H30N2O5. The van der Waals surface area contributed by atoms with Crippen LogP contribution in [0.5, 0.6) is 0 Å². The number of amides is 2. The molecule has 0 radical (unpaired) electrons. The van der Waals surface area contributed by atoms with Crippen LogP contribution >= 0.6 is 0 Å². The predicted molar refractivity (Wildman–Crippen MR) is 126 cm³/mol. The molecule has 3 aliphatic carbocycles. The zero-order valence-corrected chi connectivity index (χ0v) is 19.0. The van der Waals surface area contributed by atoms with E-state index in [0.29, 0.717) is 12.3 Å². The standard InChI is InChI=1S/C27H30N2O5/c30-25(28-23(26(31)32)14-16-12-13-16)24(17-6-5-7-17)29-27(33)34-15-22-20-10-3-1-8-18(20)19-9-2-4-11-21(19)22/h1-4,8-11,16-17,22-24H,5-7,12-15H2,(H,28,30)(H,29,33)(H,31,32)/t23-,24?/m0/s1. The van der Waals surface area contributed by atoms with Gasteiger partial charge in [-0.15, -0.1) is 0 Å². The van der Waals surface area contributed by atoms with Crippen LogP contribution in [0.3, 0.4) is 0 Å². The molecule has 0 spiro atoms. The molecule has 34 heavy (non-hydrogen) atoms. The average Bonchev–Trinajstić information content (AvgIpc) is 3.56. The lowest BCUT2D eigenvalue weighted by Crippen LogP contribution is -2.56. The fraction of sp³-hybridized carbons (Fsp3) is 0.444. The zero-order valence-electron chi connectivity index (χ0n) is 19.0. The summed E-state index contributed by atoms with van der Waals surface area (Å²) in [5, 5.41) is 14.9. The quantitative estimate of drug-likeness (QED) is 0.521. The van der Waals surface area contributed by atoms with Crippen LogP contribution in [0.4, 0.5) is 4.79 Å². The summed E-state index contributed by atoms with van der Waals surface area (Å²) in [6, 6.07) is 14.5. The van der Waals surface area contributed by atoms with Crippen molar-refractivity contribution in [2.45, 2.75) is 56.5 Å². The fourth-order valence-corrected chi connectivity index (χ4v) is 5.11. The van der Waals surface area contributed by atoms with Gasteiger partial charge in [0.25, 0.3) is 0 Å². The second kappa shape index (κ2) is 9.49. The number of carbonyl (C=O) groups is 3. The van der Waals surface area contributed by atoms with Crippen molar-refractivity contribution < 1.29 is 24.2 Å². The number of fused-ring (bicyclic) bond motifs is 3. The van der Waals surface area contributed by atoms with Gasteiger partial charge in [-0.25, -0.2) is 9.59 Å². The molecule has 0 saturated heterocycles. The molecule has 178 valence electrons. The van der Waals surface area contributed by atoms with Crippen LogP contribution in [0.1, 0.15) is 55.6 Å². The Balaban J connectivity index is 1.23. The minimum Gasteiger partial charge on any atom is -0.480 e. The molecule has 5 rings (SSSR count). The Bertz CT molecular complexity index is 1050. The molecule has 0 bridgehead atoms.